The minimum absolute atomic E-state index is 0.0827. The van der Waals surface area contributed by atoms with Crippen LogP contribution in [0.4, 0.5) is 18.9 Å². The van der Waals surface area contributed by atoms with Crippen molar-refractivity contribution in [2.45, 2.75) is 6.18 Å². The monoisotopic (exact) mass is 305 g/mol. The van der Waals surface area contributed by atoms with Gasteiger partial charge in [0.2, 0.25) is 0 Å². The van der Waals surface area contributed by atoms with E-state index in [0.29, 0.717) is 12.4 Å². The van der Waals surface area contributed by atoms with Crippen molar-refractivity contribution in [1.82, 2.24) is 9.78 Å². The van der Waals surface area contributed by atoms with Crippen molar-refractivity contribution >= 4 is 23.3 Å². The predicted molar refractivity (Wildman–Crippen MR) is 64.9 cm³/mol. The average molecular weight is 306 g/mol. The molecule has 0 saturated heterocycles. The van der Waals surface area contributed by atoms with Crippen LogP contribution in [0.25, 0.3) is 5.69 Å². The summed E-state index contributed by atoms with van der Waals surface area (Å²) in [5.41, 5.74) is 4.01. The van der Waals surface area contributed by atoms with E-state index in [-0.39, 0.29) is 22.0 Å². The van der Waals surface area contributed by atoms with E-state index in [9.17, 15) is 18.0 Å². The van der Waals surface area contributed by atoms with Crippen LogP contribution in [-0.2, 0) is 6.18 Å². The smallest absolute Gasteiger partial charge is 0.419 e. The third-order valence-corrected chi connectivity index (χ3v) is 2.74. The van der Waals surface area contributed by atoms with Crippen molar-refractivity contribution < 1.29 is 23.1 Å². The van der Waals surface area contributed by atoms with E-state index in [2.05, 4.69) is 5.10 Å². The molecule has 0 bridgehead atoms. The molecule has 1 aromatic heterocycles. The van der Waals surface area contributed by atoms with Crippen molar-refractivity contribution in [3.63, 3.8) is 0 Å². The lowest BCUT2D eigenvalue weighted by Gasteiger charge is -2.10. The zero-order valence-corrected chi connectivity index (χ0v) is 10.4. The first-order valence-corrected chi connectivity index (χ1v) is 5.52. The number of alkyl halides is 3. The maximum absolute atomic E-state index is 12.5. The van der Waals surface area contributed by atoms with E-state index in [0.717, 1.165) is 10.7 Å². The lowest BCUT2D eigenvalue weighted by molar-refractivity contribution is -0.137. The number of rotatable bonds is 2. The largest absolute Gasteiger partial charge is 0.478 e. The van der Waals surface area contributed by atoms with Crippen LogP contribution in [0, 0.1) is 0 Å². The Bertz CT molecular complexity index is 682. The van der Waals surface area contributed by atoms with E-state index < -0.39 is 17.7 Å². The number of hydrogen-bond acceptors (Lipinski definition) is 3. The molecule has 0 fully saturated rings. The summed E-state index contributed by atoms with van der Waals surface area (Å²) in [7, 11) is 0. The van der Waals surface area contributed by atoms with Crippen molar-refractivity contribution in [1.29, 1.82) is 0 Å². The van der Waals surface area contributed by atoms with Crippen molar-refractivity contribution in [3.8, 4) is 5.69 Å². The number of carboxylic acids is 1. The molecule has 2 aromatic rings. The summed E-state index contributed by atoms with van der Waals surface area (Å²) in [4.78, 5) is 11.1. The van der Waals surface area contributed by atoms with Gasteiger partial charge in [-0.2, -0.15) is 18.3 Å². The van der Waals surface area contributed by atoms with Crippen molar-refractivity contribution in [3.05, 3.63) is 40.7 Å². The van der Waals surface area contributed by atoms with Crippen LogP contribution in [-0.4, -0.2) is 20.9 Å². The van der Waals surface area contributed by atoms with Gasteiger partial charge >= 0.3 is 12.1 Å². The number of nitrogens with two attached hydrogens (primary N) is 1. The topological polar surface area (TPSA) is 81.1 Å². The van der Waals surface area contributed by atoms with Gasteiger partial charge in [0, 0.05) is 11.9 Å². The SMILES string of the molecule is Nc1cc(Cl)c(-n2cc(C(F)(F)F)cn2)c(C(=O)O)c1. The van der Waals surface area contributed by atoms with Gasteiger partial charge in [-0.25, -0.2) is 9.48 Å². The summed E-state index contributed by atoms with van der Waals surface area (Å²) in [5, 5.41) is 12.4. The maximum Gasteiger partial charge on any atom is 0.419 e. The van der Waals surface area contributed by atoms with Crippen LogP contribution in [0.5, 0.6) is 0 Å². The fourth-order valence-electron chi connectivity index (χ4n) is 1.61. The normalized spacial score (nSPS) is 11.6. The van der Waals surface area contributed by atoms with Gasteiger partial charge in [-0.05, 0) is 12.1 Å². The number of nitrogen functional groups attached to an aromatic ring is 1. The molecule has 0 atom stereocenters. The van der Waals surface area contributed by atoms with Gasteiger partial charge in [0.05, 0.1) is 28.0 Å². The molecule has 0 spiro atoms. The lowest BCUT2D eigenvalue weighted by Crippen LogP contribution is -2.08. The number of carbonyl (C=O) groups is 1. The first-order chi connectivity index (χ1) is 9.20. The summed E-state index contributed by atoms with van der Waals surface area (Å²) >= 11 is 5.85. The van der Waals surface area contributed by atoms with Gasteiger partial charge in [0.15, 0.2) is 0 Å². The molecule has 2 rings (SSSR count). The summed E-state index contributed by atoms with van der Waals surface area (Å²) in [5.74, 6) is -1.38. The number of benzene rings is 1. The molecule has 0 aliphatic rings. The average Bonchev–Trinajstić information content (AvgIpc) is 2.76. The van der Waals surface area contributed by atoms with Crippen LogP contribution in [0.15, 0.2) is 24.5 Å². The summed E-state index contributed by atoms with van der Waals surface area (Å²) in [6.07, 6.45) is -3.34. The van der Waals surface area contributed by atoms with E-state index in [4.69, 9.17) is 22.4 Å². The van der Waals surface area contributed by atoms with E-state index in [1.165, 1.54) is 6.07 Å². The maximum atomic E-state index is 12.5. The highest BCUT2D eigenvalue weighted by molar-refractivity contribution is 6.33. The van der Waals surface area contributed by atoms with E-state index >= 15 is 0 Å². The number of aromatic nitrogens is 2. The van der Waals surface area contributed by atoms with Gasteiger partial charge in [-0.1, -0.05) is 11.6 Å². The second-order valence-corrected chi connectivity index (χ2v) is 4.28. The highest BCUT2D eigenvalue weighted by atomic mass is 35.5. The molecule has 0 unspecified atom stereocenters. The molecular formula is C11H7ClF3N3O2. The Balaban J connectivity index is 2.63. The molecule has 0 aliphatic heterocycles. The first kappa shape index (κ1) is 14.2. The van der Waals surface area contributed by atoms with Crippen LogP contribution >= 0.6 is 11.6 Å². The molecule has 9 heteroatoms. The molecule has 1 heterocycles. The number of carboxylic acid groups (broad SMARTS) is 1. The Morgan fingerprint density at radius 2 is 2.05 bits per heavy atom. The quantitative estimate of drug-likeness (QED) is 0.836. The van der Waals surface area contributed by atoms with Crippen LogP contribution in [0.1, 0.15) is 15.9 Å². The van der Waals surface area contributed by atoms with Crippen LogP contribution in [0.3, 0.4) is 0 Å². The Morgan fingerprint density at radius 1 is 1.40 bits per heavy atom. The Morgan fingerprint density at radius 3 is 2.55 bits per heavy atom. The number of halogens is 4. The molecule has 0 aliphatic carbocycles. The molecular weight excluding hydrogens is 299 g/mol. The van der Waals surface area contributed by atoms with Crippen molar-refractivity contribution in [2.24, 2.45) is 0 Å². The molecule has 0 saturated carbocycles. The van der Waals surface area contributed by atoms with Crippen LogP contribution < -0.4 is 5.73 Å². The predicted octanol–water partition coefficient (Wildman–Crippen LogP) is 2.82. The van der Waals surface area contributed by atoms with E-state index in [1.807, 2.05) is 0 Å². The number of nitrogens with zero attached hydrogens (tertiary/aromatic N) is 2. The third-order valence-electron chi connectivity index (χ3n) is 2.46. The molecule has 1 aromatic carbocycles. The van der Waals surface area contributed by atoms with Gasteiger partial charge in [0.1, 0.15) is 0 Å². The fourth-order valence-corrected chi connectivity index (χ4v) is 1.92. The summed E-state index contributed by atoms with van der Waals surface area (Å²) in [6, 6.07) is 2.33. The van der Waals surface area contributed by atoms with Gasteiger partial charge in [-0.15, -0.1) is 0 Å². The summed E-state index contributed by atoms with van der Waals surface area (Å²) in [6.45, 7) is 0. The highest BCUT2D eigenvalue weighted by Crippen LogP contribution is 2.32. The molecule has 20 heavy (non-hydrogen) atoms. The van der Waals surface area contributed by atoms with E-state index in [1.54, 1.807) is 0 Å². The van der Waals surface area contributed by atoms with Crippen molar-refractivity contribution in [2.75, 3.05) is 5.73 Å². The molecule has 106 valence electrons. The number of aromatic carboxylic acids is 1. The zero-order valence-electron chi connectivity index (χ0n) is 9.65. The lowest BCUT2D eigenvalue weighted by atomic mass is 10.1. The minimum Gasteiger partial charge on any atom is -0.478 e. The Hall–Kier alpha value is -2.22. The van der Waals surface area contributed by atoms with Gasteiger partial charge < -0.3 is 10.8 Å². The minimum atomic E-state index is -4.58. The second kappa shape index (κ2) is 4.71. The second-order valence-electron chi connectivity index (χ2n) is 3.88. The Kier molecular flexibility index (Phi) is 3.34. The van der Waals surface area contributed by atoms with Gasteiger partial charge in [0.25, 0.3) is 0 Å². The van der Waals surface area contributed by atoms with Gasteiger partial charge in [-0.3, -0.25) is 0 Å². The number of hydrogen-bond donors (Lipinski definition) is 2. The third kappa shape index (κ3) is 2.55. The molecule has 3 N–H and O–H groups in total. The fraction of sp³-hybridized carbons (Fsp3) is 0.0909. The zero-order chi connectivity index (χ0) is 15.1. The standard InChI is InChI=1S/C11H7ClF3N3O2/c12-8-2-6(16)1-7(10(19)20)9(8)18-4-5(3-17-18)11(13,14)15/h1-4H,16H2,(H,19,20). The number of anilines is 1. The molecule has 0 amide bonds. The summed E-state index contributed by atoms with van der Waals surface area (Å²) < 4.78 is 38.3. The molecule has 5 nitrogen and oxygen atoms in total. The Labute approximate surface area is 115 Å². The molecule has 0 radical (unpaired) electrons. The highest BCUT2D eigenvalue weighted by Gasteiger charge is 2.32. The first-order valence-electron chi connectivity index (χ1n) is 5.14. The van der Waals surface area contributed by atoms with Crippen LogP contribution in [0.2, 0.25) is 5.02 Å².